The van der Waals surface area contributed by atoms with E-state index >= 15 is 0 Å². The lowest BCUT2D eigenvalue weighted by atomic mass is 9.95. The van der Waals surface area contributed by atoms with Crippen molar-refractivity contribution in [2.45, 2.75) is 84.8 Å². The smallest absolute Gasteiger partial charge is 0.261 e. The second-order valence-corrected chi connectivity index (χ2v) is 9.41. The Kier molecular flexibility index (Phi) is 9.08. The van der Waals surface area contributed by atoms with E-state index in [0.29, 0.717) is 12.2 Å². The molecule has 1 N–H and O–H groups in total. The Labute approximate surface area is 202 Å². The van der Waals surface area contributed by atoms with Crippen LogP contribution in [0.3, 0.4) is 0 Å². The molecule has 34 heavy (non-hydrogen) atoms. The lowest BCUT2D eigenvalue weighted by Crippen LogP contribution is -2.52. The van der Waals surface area contributed by atoms with E-state index in [1.165, 1.54) is 18.6 Å². The van der Waals surface area contributed by atoms with Gasteiger partial charge in [-0.15, -0.1) is 0 Å². The zero-order valence-corrected chi connectivity index (χ0v) is 20.8. The quantitative estimate of drug-likeness (QED) is 0.537. The third kappa shape index (κ3) is 6.81. The molecule has 5 nitrogen and oxygen atoms in total. The first-order valence-electron chi connectivity index (χ1n) is 12.3. The first kappa shape index (κ1) is 25.7. The van der Waals surface area contributed by atoms with Crippen molar-refractivity contribution in [3.63, 3.8) is 0 Å². The molecule has 0 radical (unpaired) electrons. The van der Waals surface area contributed by atoms with E-state index in [-0.39, 0.29) is 36.8 Å². The fraction of sp³-hybridized carbons (Fsp3) is 0.500. The van der Waals surface area contributed by atoms with Crippen molar-refractivity contribution in [1.82, 2.24) is 10.2 Å². The average molecular weight is 469 g/mol. The molecular formula is C28H37FN2O3. The molecule has 184 valence electrons. The normalized spacial score (nSPS) is 15.0. The number of carbonyl (C=O) groups excluding carboxylic acids is 2. The number of nitrogens with zero attached hydrogens (tertiary/aromatic N) is 1. The molecule has 0 bridgehead atoms. The highest BCUT2D eigenvalue weighted by molar-refractivity contribution is 5.88. The number of hydrogen-bond acceptors (Lipinski definition) is 3. The first-order chi connectivity index (χ1) is 16.3. The summed E-state index contributed by atoms with van der Waals surface area (Å²) < 4.78 is 19.4. The number of rotatable bonds is 9. The number of carbonyl (C=O) groups is 2. The van der Waals surface area contributed by atoms with Crippen molar-refractivity contribution in [1.29, 1.82) is 0 Å². The number of ether oxygens (including phenoxy) is 1. The predicted octanol–water partition coefficient (Wildman–Crippen LogP) is 5.39. The van der Waals surface area contributed by atoms with Crippen LogP contribution in [0.5, 0.6) is 5.75 Å². The van der Waals surface area contributed by atoms with E-state index in [2.05, 4.69) is 11.4 Å². The Bertz CT molecular complexity index is 984. The molecule has 1 saturated carbocycles. The van der Waals surface area contributed by atoms with E-state index in [4.69, 9.17) is 4.74 Å². The van der Waals surface area contributed by atoms with E-state index in [9.17, 15) is 14.0 Å². The highest BCUT2D eigenvalue weighted by Gasteiger charge is 2.30. The molecule has 1 aliphatic rings. The molecule has 2 aromatic carbocycles. The highest BCUT2D eigenvalue weighted by atomic mass is 19.1. The molecule has 1 fully saturated rings. The lowest BCUT2D eigenvalue weighted by Gasteiger charge is -2.32. The Morgan fingerprint density at radius 1 is 1.09 bits per heavy atom. The number of halogens is 1. The maximum Gasteiger partial charge on any atom is 0.261 e. The van der Waals surface area contributed by atoms with Gasteiger partial charge < -0.3 is 15.0 Å². The molecule has 1 atom stereocenters. The summed E-state index contributed by atoms with van der Waals surface area (Å²) in [5.74, 6) is -0.0643. The van der Waals surface area contributed by atoms with Crippen LogP contribution in [-0.4, -0.2) is 35.4 Å². The van der Waals surface area contributed by atoms with Crippen LogP contribution in [0.1, 0.15) is 67.7 Å². The Morgan fingerprint density at radius 2 is 1.76 bits per heavy atom. The van der Waals surface area contributed by atoms with Crippen LogP contribution < -0.4 is 10.1 Å². The molecule has 0 spiro atoms. The van der Waals surface area contributed by atoms with Gasteiger partial charge in [-0.25, -0.2) is 4.39 Å². The van der Waals surface area contributed by atoms with E-state index in [0.717, 1.165) is 47.9 Å². The standard InChI is InChI=1S/C28H37FN2O3/c1-5-25(28(33)30-24-9-7-6-8-10-24)31(17-22-11-13-23(29)14-12-22)27(32)18-34-26-16-19(2)15-20(3)21(26)4/h11-16,24-25H,5-10,17-18H2,1-4H3,(H,30,33)/t25-/m1/s1. The molecular weight excluding hydrogens is 431 g/mol. The van der Waals surface area contributed by atoms with Crippen molar-refractivity contribution < 1.29 is 18.7 Å². The second kappa shape index (κ2) is 12.0. The monoisotopic (exact) mass is 468 g/mol. The molecule has 6 heteroatoms. The second-order valence-electron chi connectivity index (χ2n) is 9.41. The van der Waals surface area contributed by atoms with Crippen LogP contribution in [0.15, 0.2) is 36.4 Å². The summed E-state index contributed by atoms with van der Waals surface area (Å²) in [5, 5.41) is 3.16. The summed E-state index contributed by atoms with van der Waals surface area (Å²) in [7, 11) is 0. The SMILES string of the molecule is CC[C@H](C(=O)NC1CCCCC1)N(Cc1ccc(F)cc1)C(=O)COc1cc(C)cc(C)c1C. The number of hydrogen-bond donors (Lipinski definition) is 1. The van der Waals surface area contributed by atoms with Crippen molar-refractivity contribution >= 4 is 11.8 Å². The van der Waals surface area contributed by atoms with Gasteiger partial charge in [0.25, 0.3) is 5.91 Å². The lowest BCUT2D eigenvalue weighted by molar-refractivity contribution is -0.143. The summed E-state index contributed by atoms with van der Waals surface area (Å²) in [6.07, 6.45) is 5.86. The van der Waals surface area contributed by atoms with Gasteiger partial charge in [0.2, 0.25) is 5.91 Å². The van der Waals surface area contributed by atoms with Gasteiger partial charge in [0.1, 0.15) is 17.6 Å². The largest absolute Gasteiger partial charge is 0.483 e. The van der Waals surface area contributed by atoms with Gasteiger partial charge in [0, 0.05) is 12.6 Å². The van der Waals surface area contributed by atoms with Gasteiger partial charge >= 0.3 is 0 Å². The predicted molar refractivity (Wildman–Crippen MR) is 132 cm³/mol. The maximum absolute atomic E-state index is 13.4. The van der Waals surface area contributed by atoms with Gasteiger partial charge in [-0.05, 0) is 80.5 Å². The fourth-order valence-corrected chi connectivity index (χ4v) is 4.62. The van der Waals surface area contributed by atoms with E-state index in [1.54, 1.807) is 17.0 Å². The number of benzene rings is 2. The summed E-state index contributed by atoms with van der Waals surface area (Å²) in [4.78, 5) is 28.2. The molecule has 0 aromatic heterocycles. The molecule has 2 aromatic rings. The number of aryl methyl sites for hydroxylation is 2. The summed E-state index contributed by atoms with van der Waals surface area (Å²) in [5.41, 5.74) is 3.92. The van der Waals surface area contributed by atoms with Crippen molar-refractivity contribution in [2.75, 3.05) is 6.61 Å². The van der Waals surface area contributed by atoms with Gasteiger partial charge in [0.15, 0.2) is 6.61 Å². The topological polar surface area (TPSA) is 58.6 Å². The Balaban J connectivity index is 1.78. The minimum Gasteiger partial charge on any atom is -0.483 e. The Morgan fingerprint density at radius 3 is 2.41 bits per heavy atom. The van der Waals surface area contributed by atoms with Crippen molar-refractivity contribution in [3.8, 4) is 5.75 Å². The third-order valence-corrected chi connectivity index (χ3v) is 6.72. The number of nitrogens with one attached hydrogen (secondary N) is 1. The molecule has 3 rings (SSSR count). The zero-order valence-electron chi connectivity index (χ0n) is 20.8. The minimum atomic E-state index is -0.622. The highest BCUT2D eigenvalue weighted by Crippen LogP contribution is 2.24. The first-order valence-corrected chi connectivity index (χ1v) is 12.3. The summed E-state index contributed by atoms with van der Waals surface area (Å²) in [6.45, 7) is 7.93. The number of amides is 2. The van der Waals surface area contributed by atoms with Gasteiger partial charge in [-0.2, -0.15) is 0 Å². The van der Waals surface area contributed by atoms with Crippen LogP contribution in [0, 0.1) is 26.6 Å². The molecule has 0 aliphatic heterocycles. The Hall–Kier alpha value is -2.89. The molecule has 2 amide bonds. The van der Waals surface area contributed by atoms with E-state index < -0.39 is 6.04 Å². The van der Waals surface area contributed by atoms with Crippen LogP contribution >= 0.6 is 0 Å². The average Bonchev–Trinajstić information content (AvgIpc) is 2.82. The van der Waals surface area contributed by atoms with Gasteiger partial charge in [-0.1, -0.05) is 44.4 Å². The molecule has 0 unspecified atom stereocenters. The van der Waals surface area contributed by atoms with Crippen LogP contribution in [0.25, 0.3) is 0 Å². The zero-order chi connectivity index (χ0) is 24.7. The molecule has 0 saturated heterocycles. The minimum absolute atomic E-state index is 0.132. The molecule has 1 aliphatic carbocycles. The van der Waals surface area contributed by atoms with Gasteiger partial charge in [-0.3, -0.25) is 9.59 Å². The van der Waals surface area contributed by atoms with E-state index in [1.807, 2.05) is 33.8 Å². The van der Waals surface area contributed by atoms with Crippen LogP contribution in [0.2, 0.25) is 0 Å². The summed E-state index contributed by atoms with van der Waals surface area (Å²) in [6, 6.07) is 9.58. The van der Waals surface area contributed by atoms with Crippen molar-refractivity contribution in [3.05, 3.63) is 64.5 Å². The summed E-state index contributed by atoms with van der Waals surface area (Å²) >= 11 is 0. The van der Waals surface area contributed by atoms with Crippen molar-refractivity contribution in [2.24, 2.45) is 0 Å². The van der Waals surface area contributed by atoms with Crippen LogP contribution in [-0.2, 0) is 16.1 Å². The maximum atomic E-state index is 13.4. The van der Waals surface area contributed by atoms with Crippen LogP contribution in [0.4, 0.5) is 4.39 Å². The fourth-order valence-electron chi connectivity index (χ4n) is 4.62. The van der Waals surface area contributed by atoms with Gasteiger partial charge in [0.05, 0.1) is 0 Å². The molecule has 0 heterocycles. The third-order valence-electron chi connectivity index (χ3n) is 6.72.